The van der Waals surface area contributed by atoms with Crippen molar-refractivity contribution in [1.82, 2.24) is 14.9 Å². The second kappa shape index (κ2) is 8.17. The number of hydrogen-bond acceptors (Lipinski definition) is 5. The standard InChI is InChI=1S/C20H27N5O/c1-15(2)14-21-19-13-18(17-7-5-4-6-8-17)22-20(23-19)25-11-9-24(10-12-25)16(3)26/h4-8,13,15H,9-12,14H2,1-3H3,(H,21,22,23). The average molecular weight is 353 g/mol. The molecule has 0 unspecified atom stereocenters. The van der Waals surface area contributed by atoms with Gasteiger partial charge in [0.05, 0.1) is 5.69 Å². The van der Waals surface area contributed by atoms with Gasteiger partial charge in [0.2, 0.25) is 11.9 Å². The number of hydrogen-bond donors (Lipinski definition) is 1. The molecule has 1 aliphatic rings. The van der Waals surface area contributed by atoms with Gasteiger partial charge in [-0.1, -0.05) is 44.2 Å². The van der Waals surface area contributed by atoms with E-state index in [-0.39, 0.29) is 5.91 Å². The topological polar surface area (TPSA) is 61.4 Å². The first-order valence-electron chi connectivity index (χ1n) is 9.22. The van der Waals surface area contributed by atoms with E-state index < -0.39 is 0 Å². The summed E-state index contributed by atoms with van der Waals surface area (Å²) in [5.41, 5.74) is 1.99. The van der Waals surface area contributed by atoms with Gasteiger partial charge in [0.15, 0.2) is 0 Å². The summed E-state index contributed by atoms with van der Waals surface area (Å²) in [6, 6.07) is 12.2. The van der Waals surface area contributed by atoms with Crippen molar-refractivity contribution in [2.45, 2.75) is 20.8 Å². The van der Waals surface area contributed by atoms with Crippen LogP contribution in [0, 0.1) is 5.92 Å². The van der Waals surface area contributed by atoms with Crippen LogP contribution in [-0.2, 0) is 4.79 Å². The number of amides is 1. The number of rotatable bonds is 5. The second-order valence-electron chi connectivity index (χ2n) is 7.07. The van der Waals surface area contributed by atoms with Crippen LogP contribution in [0.4, 0.5) is 11.8 Å². The highest BCUT2D eigenvalue weighted by Crippen LogP contribution is 2.23. The van der Waals surface area contributed by atoms with Crippen molar-refractivity contribution in [3.63, 3.8) is 0 Å². The Balaban J connectivity index is 1.86. The first-order chi connectivity index (χ1) is 12.5. The molecule has 0 bridgehead atoms. The molecule has 6 heteroatoms. The molecule has 0 radical (unpaired) electrons. The summed E-state index contributed by atoms with van der Waals surface area (Å²) in [6.45, 7) is 9.76. The number of benzene rings is 1. The maximum absolute atomic E-state index is 11.6. The Morgan fingerprint density at radius 3 is 2.42 bits per heavy atom. The average Bonchev–Trinajstić information content (AvgIpc) is 2.67. The number of anilines is 2. The fourth-order valence-electron chi connectivity index (χ4n) is 2.95. The van der Waals surface area contributed by atoms with E-state index in [2.05, 4.69) is 36.2 Å². The molecule has 3 rings (SSSR count). The maximum Gasteiger partial charge on any atom is 0.227 e. The number of nitrogens with zero attached hydrogens (tertiary/aromatic N) is 4. The number of aromatic nitrogens is 2. The van der Waals surface area contributed by atoms with Gasteiger partial charge in [-0.25, -0.2) is 4.98 Å². The van der Waals surface area contributed by atoms with Crippen LogP contribution < -0.4 is 10.2 Å². The van der Waals surface area contributed by atoms with Crippen molar-refractivity contribution in [2.24, 2.45) is 5.92 Å². The van der Waals surface area contributed by atoms with E-state index in [1.807, 2.05) is 29.2 Å². The zero-order chi connectivity index (χ0) is 18.5. The van der Waals surface area contributed by atoms with Gasteiger partial charge < -0.3 is 15.1 Å². The Bertz CT molecular complexity index is 739. The van der Waals surface area contributed by atoms with Crippen LogP contribution in [-0.4, -0.2) is 53.5 Å². The summed E-state index contributed by atoms with van der Waals surface area (Å²) in [5, 5.41) is 3.42. The van der Waals surface area contributed by atoms with Crippen LogP contribution >= 0.6 is 0 Å². The summed E-state index contributed by atoms with van der Waals surface area (Å²) in [6.07, 6.45) is 0. The molecule has 1 aromatic carbocycles. The molecule has 1 fully saturated rings. The van der Waals surface area contributed by atoms with Gasteiger partial charge in [-0.2, -0.15) is 4.98 Å². The fourth-order valence-corrected chi connectivity index (χ4v) is 2.95. The number of nitrogens with one attached hydrogen (secondary N) is 1. The van der Waals surface area contributed by atoms with Gasteiger partial charge in [0.1, 0.15) is 5.82 Å². The first kappa shape index (κ1) is 18.2. The first-order valence-corrected chi connectivity index (χ1v) is 9.22. The van der Waals surface area contributed by atoms with Crippen molar-refractivity contribution in [3.8, 4) is 11.3 Å². The third-order valence-electron chi connectivity index (χ3n) is 4.48. The molecule has 0 aliphatic carbocycles. The van der Waals surface area contributed by atoms with Crippen molar-refractivity contribution in [1.29, 1.82) is 0 Å². The Labute approximate surface area is 155 Å². The van der Waals surface area contributed by atoms with Gasteiger partial charge in [-0.15, -0.1) is 0 Å². The zero-order valence-corrected chi connectivity index (χ0v) is 15.8. The van der Waals surface area contributed by atoms with Crippen LogP contribution in [0.2, 0.25) is 0 Å². The molecule has 6 nitrogen and oxygen atoms in total. The Hall–Kier alpha value is -2.63. The molecule has 0 saturated carbocycles. The van der Waals surface area contributed by atoms with E-state index in [1.54, 1.807) is 6.92 Å². The normalized spacial score (nSPS) is 14.6. The quantitative estimate of drug-likeness (QED) is 0.896. The molecule has 1 aromatic heterocycles. The van der Waals surface area contributed by atoms with Crippen LogP contribution in [0.25, 0.3) is 11.3 Å². The molecule has 1 amide bonds. The Morgan fingerprint density at radius 1 is 1.12 bits per heavy atom. The maximum atomic E-state index is 11.6. The van der Waals surface area contributed by atoms with Crippen LogP contribution in [0.15, 0.2) is 36.4 Å². The zero-order valence-electron chi connectivity index (χ0n) is 15.8. The van der Waals surface area contributed by atoms with Gasteiger partial charge in [0, 0.05) is 51.3 Å². The number of carbonyl (C=O) groups excluding carboxylic acids is 1. The Morgan fingerprint density at radius 2 is 1.81 bits per heavy atom. The minimum absolute atomic E-state index is 0.128. The lowest BCUT2D eigenvalue weighted by molar-refractivity contribution is -0.129. The predicted octanol–water partition coefficient (Wildman–Crippen LogP) is 2.88. The second-order valence-corrected chi connectivity index (χ2v) is 7.07. The van der Waals surface area contributed by atoms with Gasteiger partial charge in [-0.05, 0) is 5.92 Å². The van der Waals surface area contributed by atoms with Crippen LogP contribution in [0.5, 0.6) is 0 Å². The van der Waals surface area contributed by atoms with Gasteiger partial charge in [0.25, 0.3) is 0 Å². The summed E-state index contributed by atoms with van der Waals surface area (Å²) in [7, 11) is 0. The smallest absolute Gasteiger partial charge is 0.227 e. The minimum atomic E-state index is 0.128. The van der Waals surface area contributed by atoms with Crippen LogP contribution in [0.1, 0.15) is 20.8 Å². The third-order valence-corrected chi connectivity index (χ3v) is 4.48. The summed E-state index contributed by atoms with van der Waals surface area (Å²) >= 11 is 0. The highest BCUT2D eigenvalue weighted by Gasteiger charge is 2.21. The molecule has 0 spiro atoms. The third kappa shape index (κ3) is 4.50. The van der Waals surface area contributed by atoms with E-state index >= 15 is 0 Å². The highest BCUT2D eigenvalue weighted by atomic mass is 16.2. The highest BCUT2D eigenvalue weighted by molar-refractivity contribution is 5.73. The number of piperazine rings is 1. The fraction of sp³-hybridized carbons (Fsp3) is 0.450. The predicted molar refractivity (Wildman–Crippen MR) is 105 cm³/mol. The molecule has 2 aromatic rings. The van der Waals surface area contributed by atoms with Crippen molar-refractivity contribution in [2.75, 3.05) is 42.9 Å². The van der Waals surface area contributed by atoms with E-state index in [0.717, 1.165) is 42.7 Å². The number of carbonyl (C=O) groups is 1. The van der Waals surface area contributed by atoms with E-state index in [0.29, 0.717) is 19.0 Å². The molecular weight excluding hydrogens is 326 g/mol. The van der Waals surface area contributed by atoms with Crippen molar-refractivity contribution < 1.29 is 4.79 Å². The van der Waals surface area contributed by atoms with Gasteiger partial charge in [-0.3, -0.25) is 4.79 Å². The molecule has 1 saturated heterocycles. The van der Waals surface area contributed by atoms with Crippen molar-refractivity contribution >= 4 is 17.7 Å². The van der Waals surface area contributed by atoms with E-state index in [9.17, 15) is 4.79 Å². The monoisotopic (exact) mass is 353 g/mol. The largest absolute Gasteiger partial charge is 0.370 e. The SMILES string of the molecule is CC(=O)N1CCN(c2nc(NCC(C)C)cc(-c3ccccc3)n2)CC1. The molecule has 0 atom stereocenters. The van der Waals surface area contributed by atoms with E-state index in [1.165, 1.54) is 0 Å². The Kier molecular flexibility index (Phi) is 5.71. The molecule has 138 valence electrons. The summed E-state index contributed by atoms with van der Waals surface area (Å²) < 4.78 is 0. The molecular formula is C20H27N5O. The summed E-state index contributed by atoms with van der Waals surface area (Å²) in [4.78, 5) is 25.1. The van der Waals surface area contributed by atoms with Crippen molar-refractivity contribution in [3.05, 3.63) is 36.4 Å². The molecule has 1 N–H and O–H groups in total. The van der Waals surface area contributed by atoms with Crippen LogP contribution in [0.3, 0.4) is 0 Å². The lowest BCUT2D eigenvalue weighted by atomic mass is 10.1. The molecule has 26 heavy (non-hydrogen) atoms. The van der Waals surface area contributed by atoms with E-state index in [4.69, 9.17) is 9.97 Å². The molecule has 1 aliphatic heterocycles. The van der Waals surface area contributed by atoms with Gasteiger partial charge >= 0.3 is 0 Å². The lowest BCUT2D eigenvalue weighted by Gasteiger charge is -2.34. The lowest BCUT2D eigenvalue weighted by Crippen LogP contribution is -2.48. The summed E-state index contributed by atoms with van der Waals surface area (Å²) in [5.74, 6) is 2.23. The molecule has 2 heterocycles. The minimum Gasteiger partial charge on any atom is -0.370 e.